The van der Waals surface area contributed by atoms with Gasteiger partial charge in [0.25, 0.3) is 5.91 Å². The number of nitrogens with zero attached hydrogens (tertiary/aromatic N) is 3. The molecular weight excluding hydrogens is 382 g/mol. The Labute approximate surface area is 176 Å². The molecule has 0 aliphatic heterocycles. The van der Waals surface area contributed by atoms with Crippen LogP contribution < -0.4 is 9.47 Å². The number of carbonyl (C=O) groups is 1. The molecule has 1 heterocycles. The lowest BCUT2D eigenvalue weighted by Gasteiger charge is -2.35. The first-order chi connectivity index (χ1) is 14.2. The van der Waals surface area contributed by atoms with E-state index >= 15 is 0 Å². The minimum atomic E-state index is -0.513. The van der Waals surface area contributed by atoms with E-state index in [4.69, 9.17) is 14.0 Å². The Kier molecular flexibility index (Phi) is 6.10. The fourth-order valence-electron chi connectivity index (χ4n) is 3.17. The number of benzene rings is 2. The van der Waals surface area contributed by atoms with Crippen molar-refractivity contribution in [3.63, 3.8) is 0 Å². The van der Waals surface area contributed by atoms with Crippen molar-refractivity contribution in [2.45, 2.75) is 39.8 Å². The first kappa shape index (κ1) is 21.4. The van der Waals surface area contributed by atoms with Gasteiger partial charge in [-0.1, -0.05) is 35.0 Å². The van der Waals surface area contributed by atoms with Gasteiger partial charge in [0.2, 0.25) is 11.7 Å². The molecule has 3 aromatic rings. The lowest BCUT2D eigenvalue weighted by atomic mass is 10.0. The molecule has 0 radical (unpaired) electrons. The number of methoxy groups -OCH3 is 2. The molecule has 0 bridgehead atoms. The minimum Gasteiger partial charge on any atom is -0.496 e. The average Bonchev–Trinajstić information content (AvgIpc) is 3.19. The van der Waals surface area contributed by atoms with E-state index in [-0.39, 0.29) is 12.5 Å². The number of hydrogen-bond acceptors (Lipinski definition) is 6. The van der Waals surface area contributed by atoms with E-state index in [1.807, 2.05) is 52.0 Å². The van der Waals surface area contributed by atoms with E-state index in [9.17, 15) is 4.79 Å². The molecule has 1 amide bonds. The van der Waals surface area contributed by atoms with Crippen LogP contribution >= 0.6 is 0 Å². The van der Waals surface area contributed by atoms with Crippen LogP contribution in [0.1, 0.15) is 42.6 Å². The van der Waals surface area contributed by atoms with Crippen molar-refractivity contribution >= 4 is 5.91 Å². The van der Waals surface area contributed by atoms with E-state index in [1.165, 1.54) is 14.2 Å². The first-order valence-corrected chi connectivity index (χ1v) is 9.67. The highest BCUT2D eigenvalue weighted by Crippen LogP contribution is 2.32. The van der Waals surface area contributed by atoms with Crippen molar-refractivity contribution in [2.75, 3.05) is 14.2 Å². The summed E-state index contributed by atoms with van der Waals surface area (Å²) in [5, 5.41) is 4.09. The van der Waals surface area contributed by atoms with Crippen molar-refractivity contribution in [1.82, 2.24) is 15.0 Å². The van der Waals surface area contributed by atoms with Crippen LogP contribution in [0.3, 0.4) is 0 Å². The van der Waals surface area contributed by atoms with E-state index in [2.05, 4.69) is 10.1 Å². The number of carbonyl (C=O) groups excluding carboxylic acids is 1. The van der Waals surface area contributed by atoms with Gasteiger partial charge < -0.3 is 18.9 Å². The summed E-state index contributed by atoms with van der Waals surface area (Å²) >= 11 is 0. The van der Waals surface area contributed by atoms with Gasteiger partial charge in [-0.05, 0) is 45.9 Å². The van der Waals surface area contributed by atoms with Crippen LogP contribution in [0.4, 0.5) is 0 Å². The number of aromatic nitrogens is 2. The highest BCUT2D eigenvalue weighted by atomic mass is 16.5. The Hall–Kier alpha value is -3.35. The number of amides is 1. The predicted octanol–water partition coefficient (Wildman–Crippen LogP) is 4.50. The molecule has 3 rings (SSSR count). The molecule has 7 nitrogen and oxygen atoms in total. The zero-order valence-electron chi connectivity index (χ0n) is 18.2. The maximum absolute atomic E-state index is 13.6. The maximum atomic E-state index is 13.6. The highest BCUT2D eigenvalue weighted by molar-refractivity contribution is 6.00. The van der Waals surface area contributed by atoms with Gasteiger partial charge in [-0.15, -0.1) is 0 Å². The molecule has 0 unspecified atom stereocenters. The molecule has 0 saturated carbocycles. The van der Waals surface area contributed by atoms with Gasteiger partial charge in [0.05, 0.1) is 14.2 Å². The van der Waals surface area contributed by atoms with Crippen LogP contribution in [-0.2, 0) is 6.54 Å². The summed E-state index contributed by atoms with van der Waals surface area (Å²) in [4.78, 5) is 19.7. The molecule has 158 valence electrons. The third-order valence-electron chi connectivity index (χ3n) is 4.73. The molecule has 0 atom stereocenters. The fraction of sp³-hybridized carbons (Fsp3) is 0.348. The van der Waals surface area contributed by atoms with Gasteiger partial charge in [0.15, 0.2) is 0 Å². The number of rotatable bonds is 6. The Morgan fingerprint density at radius 3 is 2.27 bits per heavy atom. The molecule has 1 aromatic heterocycles. The standard InChI is InChI=1S/C23H27N3O4/c1-15-9-7-10-16(13-15)21-24-19(30-25-21)14-26(23(2,3)4)22(27)20-17(28-5)11-8-12-18(20)29-6/h7-13H,14H2,1-6H3. The molecule has 0 N–H and O–H groups in total. The zero-order chi connectivity index (χ0) is 21.9. The third kappa shape index (κ3) is 4.45. The normalized spacial score (nSPS) is 11.3. The summed E-state index contributed by atoms with van der Waals surface area (Å²) in [5.74, 6) is 1.49. The van der Waals surface area contributed by atoms with Gasteiger partial charge in [0, 0.05) is 11.1 Å². The Morgan fingerprint density at radius 2 is 1.70 bits per heavy atom. The lowest BCUT2D eigenvalue weighted by molar-refractivity contribution is 0.0519. The summed E-state index contributed by atoms with van der Waals surface area (Å²) < 4.78 is 16.3. The van der Waals surface area contributed by atoms with E-state index in [1.54, 1.807) is 23.1 Å². The van der Waals surface area contributed by atoms with Gasteiger partial charge in [-0.2, -0.15) is 4.98 Å². The second-order valence-corrected chi connectivity index (χ2v) is 7.98. The first-order valence-electron chi connectivity index (χ1n) is 9.67. The lowest BCUT2D eigenvalue weighted by Crippen LogP contribution is -2.45. The maximum Gasteiger partial charge on any atom is 0.262 e. The van der Waals surface area contributed by atoms with E-state index < -0.39 is 5.54 Å². The number of hydrogen-bond donors (Lipinski definition) is 0. The second kappa shape index (κ2) is 8.57. The van der Waals surface area contributed by atoms with Gasteiger partial charge in [-0.3, -0.25) is 4.79 Å². The quantitative estimate of drug-likeness (QED) is 0.596. The Bertz CT molecular complexity index is 1010. The van der Waals surface area contributed by atoms with Crippen molar-refractivity contribution in [1.29, 1.82) is 0 Å². The van der Waals surface area contributed by atoms with E-state index in [0.717, 1.165) is 11.1 Å². The third-order valence-corrected chi connectivity index (χ3v) is 4.73. The fourth-order valence-corrected chi connectivity index (χ4v) is 3.17. The summed E-state index contributed by atoms with van der Waals surface area (Å²) in [6.45, 7) is 8.01. The van der Waals surface area contributed by atoms with Crippen molar-refractivity contribution in [3.05, 3.63) is 59.5 Å². The highest BCUT2D eigenvalue weighted by Gasteiger charge is 2.33. The monoisotopic (exact) mass is 409 g/mol. The van der Waals surface area contributed by atoms with Crippen LogP contribution in [0.2, 0.25) is 0 Å². The van der Waals surface area contributed by atoms with Crippen LogP contribution in [-0.4, -0.2) is 40.7 Å². The van der Waals surface area contributed by atoms with Crippen molar-refractivity contribution in [3.8, 4) is 22.9 Å². The smallest absolute Gasteiger partial charge is 0.262 e. The molecule has 0 spiro atoms. The summed E-state index contributed by atoms with van der Waals surface area (Å²) in [6, 6.07) is 13.1. The van der Waals surface area contributed by atoms with E-state index in [0.29, 0.717) is 28.8 Å². The molecule has 0 aliphatic carbocycles. The molecule has 0 fully saturated rings. The largest absolute Gasteiger partial charge is 0.496 e. The topological polar surface area (TPSA) is 77.7 Å². The predicted molar refractivity (Wildman–Crippen MR) is 114 cm³/mol. The Balaban J connectivity index is 1.95. The molecule has 30 heavy (non-hydrogen) atoms. The average molecular weight is 409 g/mol. The zero-order valence-corrected chi connectivity index (χ0v) is 18.2. The molecule has 0 aliphatic rings. The molecule has 2 aromatic carbocycles. The van der Waals surface area contributed by atoms with Gasteiger partial charge in [0.1, 0.15) is 23.6 Å². The van der Waals surface area contributed by atoms with Crippen LogP contribution in [0.25, 0.3) is 11.4 Å². The molecule has 7 heteroatoms. The molecular formula is C23H27N3O4. The SMILES string of the molecule is COc1cccc(OC)c1C(=O)N(Cc1nc(-c2cccc(C)c2)no1)C(C)(C)C. The molecule has 0 saturated heterocycles. The van der Waals surface area contributed by atoms with Crippen LogP contribution in [0.15, 0.2) is 47.0 Å². The van der Waals surface area contributed by atoms with Crippen LogP contribution in [0.5, 0.6) is 11.5 Å². The van der Waals surface area contributed by atoms with Crippen LogP contribution in [0, 0.1) is 6.92 Å². The van der Waals surface area contributed by atoms with Gasteiger partial charge in [-0.25, -0.2) is 0 Å². The summed E-state index contributed by atoms with van der Waals surface area (Å²) in [5.41, 5.74) is 1.82. The van der Waals surface area contributed by atoms with Crippen molar-refractivity contribution < 1.29 is 18.8 Å². The second-order valence-electron chi connectivity index (χ2n) is 7.98. The minimum absolute atomic E-state index is 0.155. The van der Waals surface area contributed by atoms with Crippen molar-refractivity contribution in [2.24, 2.45) is 0 Å². The number of ether oxygens (including phenoxy) is 2. The summed E-state index contributed by atoms with van der Waals surface area (Å²) in [6.07, 6.45) is 0. The number of aryl methyl sites for hydroxylation is 1. The van der Waals surface area contributed by atoms with Gasteiger partial charge >= 0.3 is 0 Å². The summed E-state index contributed by atoms with van der Waals surface area (Å²) in [7, 11) is 3.05. The Morgan fingerprint density at radius 1 is 1.07 bits per heavy atom.